The molecule has 0 bridgehead atoms. The summed E-state index contributed by atoms with van der Waals surface area (Å²) in [5, 5.41) is 19.2. The zero-order chi connectivity index (χ0) is 19.4. The Morgan fingerprint density at radius 3 is 2.54 bits per heavy atom. The number of aliphatic hydroxyl groups is 1. The molecule has 2 fully saturated rings. The fourth-order valence-corrected chi connectivity index (χ4v) is 4.58. The summed E-state index contributed by atoms with van der Waals surface area (Å²) in [6.45, 7) is 1.89. The maximum absolute atomic E-state index is 12.8. The van der Waals surface area contributed by atoms with Crippen LogP contribution in [-0.4, -0.2) is 44.0 Å². The van der Waals surface area contributed by atoms with Gasteiger partial charge in [-0.2, -0.15) is 0 Å². The number of amides is 1. The van der Waals surface area contributed by atoms with Crippen LogP contribution >= 0.6 is 0 Å². The molecule has 2 heterocycles. The standard InChI is InChI=1S/C22H30N4O2/c27-21(20-17-26(24-23-20)14-11-18-7-3-1-4-8-18)25-15-12-22(28,13-16-25)19-9-5-2-6-10-19/h2,5-6,9-10,17-18,28H,1,3-4,7-8,11-16H2. The lowest BCUT2D eigenvalue weighted by atomic mass is 9.84. The van der Waals surface area contributed by atoms with Gasteiger partial charge < -0.3 is 10.0 Å². The maximum atomic E-state index is 12.8. The molecule has 1 saturated heterocycles. The number of piperidine rings is 1. The molecule has 28 heavy (non-hydrogen) atoms. The monoisotopic (exact) mass is 382 g/mol. The van der Waals surface area contributed by atoms with Crippen molar-refractivity contribution in [2.75, 3.05) is 13.1 Å². The molecule has 1 N–H and O–H groups in total. The van der Waals surface area contributed by atoms with Gasteiger partial charge in [0.2, 0.25) is 0 Å². The number of aryl methyl sites for hydroxylation is 1. The van der Waals surface area contributed by atoms with E-state index in [9.17, 15) is 9.90 Å². The van der Waals surface area contributed by atoms with Crippen molar-refractivity contribution in [1.29, 1.82) is 0 Å². The number of aromatic nitrogens is 3. The minimum absolute atomic E-state index is 0.0842. The van der Waals surface area contributed by atoms with Crippen molar-refractivity contribution < 1.29 is 9.90 Å². The van der Waals surface area contributed by atoms with Crippen LogP contribution in [0.5, 0.6) is 0 Å². The van der Waals surface area contributed by atoms with E-state index in [1.807, 2.05) is 35.0 Å². The summed E-state index contributed by atoms with van der Waals surface area (Å²) >= 11 is 0. The van der Waals surface area contributed by atoms with Crippen molar-refractivity contribution in [2.24, 2.45) is 5.92 Å². The molecular formula is C22H30N4O2. The molecule has 6 heteroatoms. The zero-order valence-electron chi connectivity index (χ0n) is 16.5. The first-order valence-corrected chi connectivity index (χ1v) is 10.6. The number of hydrogen-bond acceptors (Lipinski definition) is 4. The average Bonchev–Trinajstić information content (AvgIpc) is 3.23. The van der Waals surface area contributed by atoms with Crippen molar-refractivity contribution in [3.05, 3.63) is 47.8 Å². The largest absolute Gasteiger partial charge is 0.385 e. The lowest BCUT2D eigenvalue weighted by Crippen LogP contribution is -2.45. The highest BCUT2D eigenvalue weighted by Gasteiger charge is 2.36. The normalized spacial score (nSPS) is 20.2. The first-order valence-electron chi connectivity index (χ1n) is 10.6. The third-order valence-corrected chi connectivity index (χ3v) is 6.44. The SMILES string of the molecule is O=C(c1cn(CCC2CCCCC2)nn1)N1CCC(O)(c2ccccc2)CC1. The topological polar surface area (TPSA) is 71.2 Å². The third-order valence-electron chi connectivity index (χ3n) is 6.44. The van der Waals surface area contributed by atoms with E-state index in [2.05, 4.69) is 10.3 Å². The summed E-state index contributed by atoms with van der Waals surface area (Å²) in [5.41, 5.74) is 0.486. The molecule has 1 aliphatic heterocycles. The first kappa shape index (κ1) is 19.1. The number of carbonyl (C=O) groups excluding carboxylic acids is 1. The molecule has 0 atom stereocenters. The molecular weight excluding hydrogens is 352 g/mol. The lowest BCUT2D eigenvalue weighted by molar-refractivity contribution is -0.0212. The van der Waals surface area contributed by atoms with Gasteiger partial charge in [0, 0.05) is 19.6 Å². The molecule has 0 unspecified atom stereocenters. The number of rotatable bonds is 5. The Balaban J connectivity index is 1.31. The quantitative estimate of drug-likeness (QED) is 0.861. The second kappa shape index (κ2) is 8.43. The summed E-state index contributed by atoms with van der Waals surface area (Å²) < 4.78 is 1.81. The third kappa shape index (κ3) is 4.27. The van der Waals surface area contributed by atoms with Crippen molar-refractivity contribution in [3.63, 3.8) is 0 Å². The number of likely N-dealkylation sites (tertiary alicyclic amines) is 1. The highest BCUT2D eigenvalue weighted by Crippen LogP contribution is 2.33. The van der Waals surface area contributed by atoms with E-state index in [0.29, 0.717) is 31.6 Å². The maximum Gasteiger partial charge on any atom is 0.276 e. The Bertz CT molecular complexity index is 775. The van der Waals surface area contributed by atoms with Gasteiger partial charge in [-0.15, -0.1) is 5.10 Å². The molecule has 150 valence electrons. The molecule has 0 spiro atoms. The van der Waals surface area contributed by atoms with Crippen LogP contribution in [0.15, 0.2) is 36.5 Å². The average molecular weight is 383 g/mol. The van der Waals surface area contributed by atoms with Crippen LogP contribution in [0.1, 0.15) is 67.4 Å². The van der Waals surface area contributed by atoms with E-state index in [4.69, 9.17) is 0 Å². The Labute approximate surface area is 166 Å². The van der Waals surface area contributed by atoms with Crippen LogP contribution < -0.4 is 0 Å². The summed E-state index contributed by atoms with van der Waals surface area (Å²) in [6, 6.07) is 9.74. The van der Waals surface area contributed by atoms with E-state index >= 15 is 0 Å². The van der Waals surface area contributed by atoms with Gasteiger partial charge in [0.05, 0.1) is 11.8 Å². The fraction of sp³-hybridized carbons (Fsp3) is 0.591. The number of hydrogen-bond donors (Lipinski definition) is 1. The van der Waals surface area contributed by atoms with E-state index in [1.165, 1.54) is 32.1 Å². The van der Waals surface area contributed by atoms with E-state index in [1.54, 1.807) is 11.1 Å². The molecule has 1 aromatic heterocycles. The molecule has 0 radical (unpaired) electrons. The van der Waals surface area contributed by atoms with Gasteiger partial charge in [0.1, 0.15) is 0 Å². The van der Waals surface area contributed by atoms with Crippen LogP contribution in [0.25, 0.3) is 0 Å². The smallest absolute Gasteiger partial charge is 0.276 e. The van der Waals surface area contributed by atoms with Crippen LogP contribution in [0.3, 0.4) is 0 Å². The Morgan fingerprint density at radius 2 is 1.82 bits per heavy atom. The fourth-order valence-electron chi connectivity index (χ4n) is 4.58. The highest BCUT2D eigenvalue weighted by atomic mass is 16.3. The van der Waals surface area contributed by atoms with Crippen molar-refractivity contribution in [3.8, 4) is 0 Å². The van der Waals surface area contributed by atoms with E-state index < -0.39 is 5.60 Å². The molecule has 6 nitrogen and oxygen atoms in total. The van der Waals surface area contributed by atoms with Crippen LogP contribution in [0.4, 0.5) is 0 Å². The van der Waals surface area contributed by atoms with Crippen LogP contribution in [-0.2, 0) is 12.1 Å². The van der Waals surface area contributed by atoms with Gasteiger partial charge >= 0.3 is 0 Å². The molecule has 1 aromatic carbocycles. The second-order valence-corrected chi connectivity index (χ2v) is 8.35. The lowest BCUT2D eigenvalue weighted by Gasteiger charge is -2.38. The summed E-state index contributed by atoms with van der Waals surface area (Å²) in [4.78, 5) is 14.6. The summed E-state index contributed by atoms with van der Waals surface area (Å²) in [7, 11) is 0. The molecule has 1 aliphatic carbocycles. The Hall–Kier alpha value is -2.21. The molecule has 1 saturated carbocycles. The summed E-state index contributed by atoms with van der Waals surface area (Å²) in [6.07, 6.45) is 10.7. The van der Waals surface area contributed by atoms with E-state index in [0.717, 1.165) is 24.4 Å². The minimum Gasteiger partial charge on any atom is -0.385 e. The van der Waals surface area contributed by atoms with Crippen LogP contribution in [0, 0.1) is 5.92 Å². The first-order chi connectivity index (χ1) is 13.6. The van der Waals surface area contributed by atoms with Crippen molar-refractivity contribution >= 4 is 5.91 Å². The van der Waals surface area contributed by atoms with Crippen molar-refractivity contribution in [1.82, 2.24) is 19.9 Å². The van der Waals surface area contributed by atoms with Crippen LogP contribution in [0.2, 0.25) is 0 Å². The predicted molar refractivity (Wildman–Crippen MR) is 107 cm³/mol. The van der Waals surface area contributed by atoms with Gasteiger partial charge in [0.15, 0.2) is 5.69 Å². The minimum atomic E-state index is -0.852. The second-order valence-electron chi connectivity index (χ2n) is 8.35. The van der Waals surface area contributed by atoms with Gasteiger partial charge in [-0.05, 0) is 30.7 Å². The number of carbonyl (C=O) groups is 1. The number of benzene rings is 1. The van der Waals surface area contributed by atoms with Gasteiger partial charge in [-0.25, -0.2) is 0 Å². The molecule has 2 aliphatic rings. The van der Waals surface area contributed by atoms with Gasteiger partial charge in [-0.3, -0.25) is 9.48 Å². The molecule has 4 rings (SSSR count). The zero-order valence-corrected chi connectivity index (χ0v) is 16.5. The highest BCUT2D eigenvalue weighted by molar-refractivity contribution is 5.92. The van der Waals surface area contributed by atoms with Gasteiger partial charge in [0.25, 0.3) is 5.91 Å². The van der Waals surface area contributed by atoms with E-state index in [-0.39, 0.29) is 5.91 Å². The number of nitrogens with zero attached hydrogens (tertiary/aromatic N) is 4. The Morgan fingerprint density at radius 1 is 1.11 bits per heavy atom. The Kier molecular flexibility index (Phi) is 5.76. The van der Waals surface area contributed by atoms with Crippen molar-refractivity contribution in [2.45, 2.75) is 63.5 Å². The molecule has 1 amide bonds. The predicted octanol–water partition coefficient (Wildman–Crippen LogP) is 3.37. The van der Waals surface area contributed by atoms with Gasteiger partial charge in [-0.1, -0.05) is 67.6 Å². The molecule has 2 aromatic rings. The summed E-state index contributed by atoms with van der Waals surface area (Å²) in [5.74, 6) is 0.703.